The predicted octanol–water partition coefficient (Wildman–Crippen LogP) is 1.74. The van der Waals surface area contributed by atoms with Crippen molar-refractivity contribution in [1.82, 2.24) is 40.5 Å². The molecular weight excluding hydrogens is 396 g/mol. The van der Waals surface area contributed by atoms with Crippen molar-refractivity contribution in [1.29, 1.82) is 0 Å². The highest BCUT2D eigenvalue weighted by Crippen LogP contribution is 2.15. The van der Waals surface area contributed by atoms with E-state index in [2.05, 4.69) is 46.4 Å². The monoisotopic (exact) mass is 416 g/mol. The maximum absolute atomic E-state index is 12.4. The summed E-state index contributed by atoms with van der Waals surface area (Å²) in [5.41, 5.74) is 1.23. The van der Waals surface area contributed by atoms with E-state index < -0.39 is 0 Å². The Morgan fingerprint density at radius 1 is 1.00 bits per heavy atom. The number of carbonyl (C=O) groups excluding carboxylic acids is 1. The number of tetrazole rings is 1. The number of nitrogens with zero attached hydrogens (tertiary/aromatic N) is 7. The van der Waals surface area contributed by atoms with Crippen LogP contribution in [0.25, 0.3) is 5.69 Å². The first-order chi connectivity index (χ1) is 15.2. The second kappa shape index (κ2) is 9.39. The number of rotatable bonds is 8. The summed E-state index contributed by atoms with van der Waals surface area (Å²) in [6.45, 7) is 2.73. The summed E-state index contributed by atoms with van der Waals surface area (Å²) in [5.74, 6) is 2.42. The topological polar surface area (TPSA) is 135 Å². The van der Waals surface area contributed by atoms with Gasteiger partial charge in [-0.2, -0.15) is 0 Å². The molecule has 0 spiro atoms. The van der Waals surface area contributed by atoms with Crippen molar-refractivity contribution < 1.29 is 4.79 Å². The first kappa shape index (κ1) is 19.9. The first-order valence-corrected chi connectivity index (χ1v) is 9.56. The lowest BCUT2D eigenvalue weighted by molar-refractivity contribution is 0.0955. The number of carbonyl (C=O) groups is 1. The van der Waals surface area contributed by atoms with Gasteiger partial charge in [0.2, 0.25) is 0 Å². The maximum atomic E-state index is 12.4. The third-order valence-corrected chi connectivity index (χ3v) is 4.20. The molecule has 1 aromatic carbocycles. The highest BCUT2D eigenvalue weighted by atomic mass is 16.1. The highest BCUT2D eigenvalue weighted by molar-refractivity contribution is 5.94. The van der Waals surface area contributed by atoms with Gasteiger partial charge < -0.3 is 16.0 Å². The summed E-state index contributed by atoms with van der Waals surface area (Å²) >= 11 is 0. The van der Waals surface area contributed by atoms with Crippen LogP contribution >= 0.6 is 0 Å². The largest absolute Gasteiger partial charge is 0.368 e. The van der Waals surface area contributed by atoms with Gasteiger partial charge in [-0.15, -0.1) is 5.10 Å². The minimum absolute atomic E-state index is 0.187. The van der Waals surface area contributed by atoms with E-state index in [1.807, 2.05) is 31.2 Å². The number of anilines is 3. The molecule has 0 radical (unpaired) electrons. The quantitative estimate of drug-likeness (QED) is 0.367. The minimum atomic E-state index is -0.187. The smallest absolute Gasteiger partial charge is 0.251 e. The molecule has 0 aliphatic heterocycles. The van der Waals surface area contributed by atoms with Crippen LogP contribution in [0.1, 0.15) is 16.2 Å². The van der Waals surface area contributed by atoms with Gasteiger partial charge in [-0.1, -0.05) is 12.1 Å². The maximum Gasteiger partial charge on any atom is 0.251 e. The van der Waals surface area contributed by atoms with Crippen LogP contribution in [0.15, 0.2) is 61.1 Å². The van der Waals surface area contributed by atoms with Crippen LogP contribution in [-0.4, -0.2) is 54.2 Å². The van der Waals surface area contributed by atoms with E-state index >= 15 is 0 Å². The molecule has 3 N–H and O–H groups in total. The van der Waals surface area contributed by atoms with Crippen molar-refractivity contribution in [3.05, 3.63) is 72.4 Å². The van der Waals surface area contributed by atoms with Crippen molar-refractivity contribution in [2.45, 2.75) is 6.92 Å². The van der Waals surface area contributed by atoms with Crippen molar-refractivity contribution >= 4 is 23.4 Å². The molecule has 0 bridgehead atoms. The van der Waals surface area contributed by atoms with E-state index in [-0.39, 0.29) is 5.91 Å². The zero-order chi connectivity index (χ0) is 21.5. The van der Waals surface area contributed by atoms with E-state index in [9.17, 15) is 4.79 Å². The molecule has 0 atom stereocenters. The van der Waals surface area contributed by atoms with Gasteiger partial charge in [0, 0.05) is 30.9 Å². The summed E-state index contributed by atoms with van der Waals surface area (Å²) < 4.78 is 1.49. The third kappa shape index (κ3) is 5.35. The van der Waals surface area contributed by atoms with E-state index in [4.69, 9.17) is 0 Å². The zero-order valence-electron chi connectivity index (χ0n) is 16.7. The van der Waals surface area contributed by atoms with Gasteiger partial charge in [0.25, 0.3) is 5.91 Å². The number of nitrogens with one attached hydrogen (secondary N) is 3. The third-order valence-electron chi connectivity index (χ3n) is 4.20. The molecule has 11 nitrogen and oxygen atoms in total. The standard InChI is InChI=1S/C20H20N10O/c1-14-25-18(12-19(26-14)27-17-7-2-3-8-21-17)22-9-10-23-20(31)15-5-4-6-16(11-15)30-13-24-28-29-30/h2-8,11-13H,9-10H2,1H3,(H,23,31)(H2,21,22,25,26,27). The summed E-state index contributed by atoms with van der Waals surface area (Å²) in [6, 6.07) is 14.5. The lowest BCUT2D eigenvalue weighted by Crippen LogP contribution is -2.29. The Labute approximate surface area is 178 Å². The van der Waals surface area contributed by atoms with E-state index in [1.54, 1.807) is 30.5 Å². The van der Waals surface area contributed by atoms with Crippen LogP contribution in [0.3, 0.4) is 0 Å². The summed E-state index contributed by atoms with van der Waals surface area (Å²) in [4.78, 5) is 25.4. The molecule has 0 fully saturated rings. The van der Waals surface area contributed by atoms with E-state index in [1.165, 1.54) is 11.0 Å². The summed E-state index contributed by atoms with van der Waals surface area (Å²) in [6.07, 6.45) is 3.18. The molecule has 0 aliphatic carbocycles. The highest BCUT2D eigenvalue weighted by Gasteiger charge is 2.08. The second-order valence-electron chi connectivity index (χ2n) is 6.51. The molecule has 3 aromatic heterocycles. The summed E-state index contributed by atoms with van der Waals surface area (Å²) in [7, 11) is 0. The average molecular weight is 416 g/mol. The average Bonchev–Trinajstić information content (AvgIpc) is 3.32. The van der Waals surface area contributed by atoms with Crippen LogP contribution in [0, 0.1) is 6.92 Å². The SMILES string of the molecule is Cc1nc(NCCNC(=O)c2cccc(-n3cnnn3)c2)cc(Nc2ccccn2)n1. The van der Waals surface area contributed by atoms with Gasteiger partial charge in [0.15, 0.2) is 0 Å². The molecule has 3 heterocycles. The Kier molecular flexibility index (Phi) is 6.02. The Hall–Kier alpha value is -4.41. The number of aryl methyl sites for hydroxylation is 1. The molecular formula is C20H20N10O. The lowest BCUT2D eigenvalue weighted by Gasteiger charge is -2.11. The molecule has 31 heavy (non-hydrogen) atoms. The lowest BCUT2D eigenvalue weighted by atomic mass is 10.2. The molecule has 4 aromatic rings. The van der Waals surface area contributed by atoms with Gasteiger partial charge in [0.05, 0.1) is 5.69 Å². The fourth-order valence-corrected chi connectivity index (χ4v) is 2.83. The fourth-order valence-electron chi connectivity index (χ4n) is 2.83. The Morgan fingerprint density at radius 2 is 1.90 bits per heavy atom. The Bertz CT molecular complexity index is 1150. The van der Waals surface area contributed by atoms with Crippen molar-refractivity contribution in [3.8, 4) is 5.69 Å². The minimum Gasteiger partial charge on any atom is -0.368 e. The van der Waals surface area contributed by atoms with Crippen molar-refractivity contribution in [2.24, 2.45) is 0 Å². The van der Waals surface area contributed by atoms with Crippen LogP contribution in [0.5, 0.6) is 0 Å². The molecule has 11 heteroatoms. The van der Waals surface area contributed by atoms with Gasteiger partial charge in [0.1, 0.15) is 29.6 Å². The normalized spacial score (nSPS) is 10.5. The van der Waals surface area contributed by atoms with Gasteiger partial charge in [-0.25, -0.2) is 19.6 Å². The number of hydrogen-bond donors (Lipinski definition) is 3. The number of aromatic nitrogens is 7. The molecule has 0 saturated heterocycles. The van der Waals surface area contributed by atoms with Gasteiger partial charge >= 0.3 is 0 Å². The Morgan fingerprint density at radius 3 is 2.71 bits per heavy atom. The molecule has 1 amide bonds. The van der Waals surface area contributed by atoms with Crippen LogP contribution < -0.4 is 16.0 Å². The van der Waals surface area contributed by atoms with Gasteiger partial charge in [-0.3, -0.25) is 4.79 Å². The molecule has 0 aliphatic rings. The van der Waals surface area contributed by atoms with Gasteiger partial charge in [-0.05, 0) is 47.7 Å². The summed E-state index contributed by atoms with van der Waals surface area (Å²) in [5, 5.41) is 20.3. The van der Waals surface area contributed by atoms with E-state index in [0.717, 1.165) is 0 Å². The number of benzene rings is 1. The van der Waals surface area contributed by atoms with Crippen LogP contribution in [0.2, 0.25) is 0 Å². The molecule has 4 rings (SSSR count). The molecule has 0 saturated carbocycles. The van der Waals surface area contributed by atoms with E-state index in [0.29, 0.717) is 47.6 Å². The number of pyridine rings is 1. The number of hydrogen-bond acceptors (Lipinski definition) is 9. The number of amides is 1. The van der Waals surface area contributed by atoms with Crippen LogP contribution in [0.4, 0.5) is 17.5 Å². The van der Waals surface area contributed by atoms with Crippen molar-refractivity contribution in [3.63, 3.8) is 0 Å². The molecule has 0 unspecified atom stereocenters. The Balaban J connectivity index is 1.31. The van der Waals surface area contributed by atoms with Crippen LogP contribution in [-0.2, 0) is 0 Å². The first-order valence-electron chi connectivity index (χ1n) is 9.56. The zero-order valence-corrected chi connectivity index (χ0v) is 16.7. The molecule has 156 valence electrons. The fraction of sp³-hybridized carbons (Fsp3) is 0.150. The predicted molar refractivity (Wildman–Crippen MR) is 114 cm³/mol. The van der Waals surface area contributed by atoms with Crippen molar-refractivity contribution in [2.75, 3.05) is 23.7 Å². The second-order valence-corrected chi connectivity index (χ2v) is 6.51.